The second kappa shape index (κ2) is 37.4. The molecule has 0 radical (unpaired) electrons. The maximum absolute atomic E-state index is 5.51. The van der Waals surface area contributed by atoms with Crippen LogP contribution < -0.4 is 0 Å². The molecule has 12 aromatic carbocycles. The lowest BCUT2D eigenvalue weighted by molar-refractivity contribution is 0.0389. The minimum atomic E-state index is 0.857. The number of allylic oxidation sites excluding steroid dienone is 8. The molecule has 5 aliphatic carbocycles. The average molecular weight is 1570 g/mol. The van der Waals surface area contributed by atoms with Gasteiger partial charge in [0.15, 0.2) is 0 Å². The van der Waals surface area contributed by atoms with Gasteiger partial charge in [-0.15, -0.1) is 0 Å². The first kappa shape index (κ1) is 78.3. The number of nitrogens with zero attached hydrogens (tertiary/aromatic N) is 5. The first-order chi connectivity index (χ1) is 59.5. The van der Waals surface area contributed by atoms with E-state index in [0.717, 1.165) is 163 Å². The first-order valence-corrected chi connectivity index (χ1v) is 43.7. The Kier molecular flexibility index (Phi) is 24.4. The van der Waals surface area contributed by atoms with Crippen molar-refractivity contribution in [3.8, 4) is 11.1 Å². The highest BCUT2D eigenvalue weighted by Gasteiger charge is 2.26. The highest BCUT2D eigenvalue weighted by atomic mass is 16.5. The first-order valence-electron chi connectivity index (χ1n) is 43.7. The Bertz CT molecular complexity index is 6160. The number of aromatic nitrogens is 1. The monoisotopic (exact) mass is 1570 g/mol. The van der Waals surface area contributed by atoms with Crippen LogP contribution in [-0.2, 0) is 31.8 Å². The molecule has 0 saturated carbocycles. The van der Waals surface area contributed by atoms with E-state index < -0.39 is 0 Å². The van der Waals surface area contributed by atoms with Crippen LogP contribution in [0.1, 0.15) is 104 Å². The predicted molar refractivity (Wildman–Crippen MR) is 503 cm³/mol. The molecule has 598 valence electrons. The SMILES string of the molecule is C1=C(CCN2CCOCC2)c2ccccc2/C1=C/c1ccc2c3c(cccc13)CC2.C1=C(CCN2CCOCC2)c2ccccc2/C1=C/c1cccc2ccc3ccccc3c12.C1=C(CCN2CCOCC2)c2ccccc2/C1=C/c1ccccc1-c1ccccc1.C1=C(CCN2CCOCC2)c2ccccc2/C1=C/c1ccnc2ccccc12. The van der Waals surface area contributed by atoms with Crippen LogP contribution in [0.4, 0.5) is 0 Å². The van der Waals surface area contributed by atoms with Crippen molar-refractivity contribution >= 4 is 112 Å². The lowest BCUT2D eigenvalue weighted by Gasteiger charge is -2.26. The third-order valence-electron chi connectivity index (χ3n) is 25.5. The van der Waals surface area contributed by atoms with Gasteiger partial charge in [0.2, 0.25) is 0 Å². The molecule has 0 amide bonds. The molecule has 4 fully saturated rings. The zero-order chi connectivity index (χ0) is 80.2. The summed E-state index contributed by atoms with van der Waals surface area (Å²) in [7, 11) is 0. The Morgan fingerprint density at radius 1 is 0.258 bits per heavy atom. The molecule has 0 spiro atoms. The van der Waals surface area contributed by atoms with Gasteiger partial charge in [0.25, 0.3) is 0 Å². The number of para-hydroxylation sites is 1. The minimum Gasteiger partial charge on any atom is -0.379 e. The highest BCUT2D eigenvalue weighted by molar-refractivity contribution is 6.14. The minimum absolute atomic E-state index is 0.857. The molecule has 22 rings (SSSR count). The van der Waals surface area contributed by atoms with Crippen molar-refractivity contribution in [3.63, 3.8) is 0 Å². The van der Waals surface area contributed by atoms with E-state index in [-0.39, 0.29) is 0 Å². The smallest absolute Gasteiger partial charge is 0.0707 e. The highest BCUT2D eigenvalue weighted by Crippen LogP contribution is 2.45. The van der Waals surface area contributed by atoms with E-state index in [4.69, 9.17) is 18.9 Å². The summed E-state index contributed by atoms with van der Waals surface area (Å²) >= 11 is 0. The fourth-order valence-corrected chi connectivity index (χ4v) is 19.2. The largest absolute Gasteiger partial charge is 0.379 e. The van der Waals surface area contributed by atoms with Crippen LogP contribution in [0.25, 0.3) is 123 Å². The molecule has 120 heavy (non-hydrogen) atoms. The van der Waals surface area contributed by atoms with Crippen molar-refractivity contribution in [3.05, 3.63) is 375 Å². The third kappa shape index (κ3) is 17.7. The topological polar surface area (TPSA) is 62.8 Å². The summed E-state index contributed by atoms with van der Waals surface area (Å²) in [6, 6.07) is 96.4. The van der Waals surface area contributed by atoms with Crippen molar-refractivity contribution in [1.29, 1.82) is 0 Å². The summed E-state index contributed by atoms with van der Waals surface area (Å²) in [6.07, 6.45) is 27.6. The van der Waals surface area contributed by atoms with Gasteiger partial charge in [-0.1, -0.05) is 279 Å². The maximum Gasteiger partial charge on any atom is 0.0707 e. The molecule has 5 heterocycles. The van der Waals surface area contributed by atoms with Crippen LogP contribution in [0.2, 0.25) is 0 Å². The number of benzene rings is 12. The second-order valence-electron chi connectivity index (χ2n) is 32.8. The van der Waals surface area contributed by atoms with Gasteiger partial charge in [0.1, 0.15) is 0 Å². The quantitative estimate of drug-likeness (QED) is 0.0830. The molecule has 13 aromatic rings. The normalized spacial score (nSPS) is 18.3. The molecule has 9 nitrogen and oxygen atoms in total. The van der Waals surface area contributed by atoms with E-state index in [2.05, 4.69) is 334 Å². The van der Waals surface area contributed by atoms with Gasteiger partial charge in [0.05, 0.1) is 58.4 Å². The Labute approximate surface area is 707 Å². The van der Waals surface area contributed by atoms with Crippen LogP contribution >= 0.6 is 0 Å². The van der Waals surface area contributed by atoms with Crippen LogP contribution in [-0.4, -0.2) is 156 Å². The molecule has 9 aliphatic rings. The number of pyridine rings is 1. The maximum atomic E-state index is 5.51. The standard InChI is InChI=1S/C30H27NO.2C28H27NO.C25H24N2O/c1-2-11-29-22(6-1)12-13-23-7-5-8-25(30(23)29)21-26-20-24(27-9-3-4-10-28(26)27)14-15-31-16-18-32-19-17-31;1-2-6-26-24(19-23(25(26)5-1)12-13-29-14-16-30-17-15-29)18-22-11-10-21-9-8-20-4-3-7-27(22)28(20)21;1-2-8-22(9-3-1)26-11-5-4-10-23(26)20-25-21-24(27-12-6-7-13-28(25)27)14-15-29-16-18-30-19-17-29;1-2-6-23-21(17-19-9-11-26-25-8-4-3-7-24(19)25)18-20(22(23)5-1)10-12-27-13-15-28-16-14-27/h1-13,20-21H,14-19H2;1-7,10-11,18-19H,8-9,12-17H2;1-13,20-21H,14-19H2;1-9,11,17-18H,10,12-16H2/b26-21+;24-18+;25-20+;21-17+. The molecule has 4 aliphatic heterocycles. The Balaban J connectivity index is 0.000000106. The van der Waals surface area contributed by atoms with E-state index in [1.165, 1.54) is 184 Å². The fraction of sp³-hybridized carbons (Fsp3) is 0.234. The van der Waals surface area contributed by atoms with Gasteiger partial charge in [0, 0.05) is 90.1 Å². The zero-order valence-corrected chi connectivity index (χ0v) is 68.9. The molecule has 1 aromatic heterocycles. The van der Waals surface area contributed by atoms with Crippen molar-refractivity contribution in [1.82, 2.24) is 24.6 Å². The Hall–Kier alpha value is -11.6. The molecule has 0 N–H and O–H groups in total. The molecule has 0 atom stereocenters. The summed E-state index contributed by atoms with van der Waals surface area (Å²) in [6.45, 7) is 19.6. The van der Waals surface area contributed by atoms with Gasteiger partial charge in [-0.25, -0.2) is 0 Å². The number of morpholine rings is 4. The van der Waals surface area contributed by atoms with Gasteiger partial charge in [-0.2, -0.15) is 0 Å². The molecule has 9 heteroatoms. The van der Waals surface area contributed by atoms with Gasteiger partial charge in [-0.3, -0.25) is 24.6 Å². The van der Waals surface area contributed by atoms with Crippen LogP contribution in [0.15, 0.2) is 297 Å². The van der Waals surface area contributed by atoms with Crippen molar-refractivity contribution < 1.29 is 18.9 Å². The zero-order valence-electron chi connectivity index (χ0n) is 68.9. The van der Waals surface area contributed by atoms with E-state index >= 15 is 0 Å². The van der Waals surface area contributed by atoms with Gasteiger partial charge >= 0.3 is 0 Å². The third-order valence-corrected chi connectivity index (χ3v) is 25.5. The number of fused-ring (bicyclic) bond motifs is 8. The number of ether oxygens (including phenoxy) is 4. The van der Waals surface area contributed by atoms with Crippen molar-refractivity contribution in [2.45, 2.75) is 38.5 Å². The lowest BCUT2D eigenvalue weighted by Crippen LogP contribution is -2.36. The average Bonchev–Trinajstić information content (AvgIpc) is 1.49. The second-order valence-corrected chi connectivity index (χ2v) is 32.8. The van der Waals surface area contributed by atoms with E-state index in [1.807, 2.05) is 12.3 Å². The molecule has 4 saturated heterocycles. The van der Waals surface area contributed by atoms with Crippen LogP contribution in [0.5, 0.6) is 0 Å². The fourth-order valence-electron chi connectivity index (χ4n) is 19.2. The molecule has 0 bridgehead atoms. The number of aryl methyl sites for hydroxylation is 2. The lowest BCUT2D eigenvalue weighted by atomic mass is 9.95. The molecular weight excluding hydrogens is 1470 g/mol. The van der Waals surface area contributed by atoms with Crippen LogP contribution in [0.3, 0.4) is 0 Å². The van der Waals surface area contributed by atoms with Crippen LogP contribution in [0, 0.1) is 0 Å². The Morgan fingerprint density at radius 2 is 0.617 bits per heavy atom. The van der Waals surface area contributed by atoms with Crippen molar-refractivity contribution in [2.24, 2.45) is 0 Å². The summed E-state index contributed by atoms with van der Waals surface area (Å²) < 4.78 is 22.0. The van der Waals surface area contributed by atoms with Crippen molar-refractivity contribution in [2.75, 3.05) is 131 Å². The van der Waals surface area contributed by atoms with E-state index in [9.17, 15) is 0 Å². The molecular formula is C111H105N5O4. The summed E-state index contributed by atoms with van der Waals surface area (Å²) in [5, 5.41) is 9.34. The van der Waals surface area contributed by atoms with Gasteiger partial charge in [-0.05, 0) is 241 Å². The Morgan fingerprint density at radius 3 is 1.12 bits per heavy atom. The predicted octanol–water partition coefficient (Wildman–Crippen LogP) is 23.2. The summed E-state index contributed by atoms with van der Waals surface area (Å²) in [5.41, 5.74) is 33.7. The van der Waals surface area contributed by atoms with E-state index in [1.54, 1.807) is 0 Å². The number of hydrogen-bond donors (Lipinski definition) is 0. The molecule has 0 unspecified atom stereocenters. The number of rotatable bonds is 17. The summed E-state index contributed by atoms with van der Waals surface area (Å²) in [4.78, 5) is 14.6. The number of hydrogen-bond acceptors (Lipinski definition) is 9. The van der Waals surface area contributed by atoms with Gasteiger partial charge < -0.3 is 18.9 Å². The summed E-state index contributed by atoms with van der Waals surface area (Å²) in [5.74, 6) is 0. The van der Waals surface area contributed by atoms with E-state index in [0.29, 0.717) is 0 Å².